The van der Waals surface area contributed by atoms with Crippen LogP contribution in [0, 0.1) is 5.92 Å². The maximum absolute atomic E-state index is 13.9. The Hall–Kier alpha value is -2.96. The standard InChI is InChI=1S/C26H29N3O3/c30-25(22-17-27-23-11-5-4-10-21(22)23)24(19-7-2-1-3-8-19)29-12-6-9-20(18-29)26(31)28-13-15-32-16-14-28/h1-5,7-8,10-11,17,20,24,27H,6,9,12-16,18H2/t20-,24-/m1/s1. The fourth-order valence-corrected chi connectivity index (χ4v) is 5.07. The smallest absolute Gasteiger partial charge is 0.227 e. The number of ketones is 1. The lowest BCUT2D eigenvalue weighted by Crippen LogP contribution is -2.49. The van der Waals surface area contributed by atoms with Crippen LogP contribution in [-0.2, 0) is 9.53 Å². The molecule has 0 saturated carbocycles. The summed E-state index contributed by atoms with van der Waals surface area (Å²) < 4.78 is 5.41. The van der Waals surface area contributed by atoms with Gasteiger partial charge < -0.3 is 14.6 Å². The Morgan fingerprint density at radius 3 is 2.53 bits per heavy atom. The number of hydrogen-bond donors (Lipinski definition) is 1. The van der Waals surface area contributed by atoms with Crippen LogP contribution in [0.1, 0.15) is 34.8 Å². The number of H-pyrrole nitrogens is 1. The molecule has 0 radical (unpaired) electrons. The quantitative estimate of drug-likeness (QED) is 0.626. The van der Waals surface area contributed by atoms with Crippen LogP contribution in [0.15, 0.2) is 60.8 Å². The number of fused-ring (bicyclic) bond motifs is 1. The van der Waals surface area contributed by atoms with Gasteiger partial charge >= 0.3 is 0 Å². The Labute approximate surface area is 188 Å². The van der Waals surface area contributed by atoms with Gasteiger partial charge in [0.05, 0.1) is 25.2 Å². The van der Waals surface area contributed by atoms with Gasteiger partial charge in [0.1, 0.15) is 0 Å². The third-order valence-corrected chi connectivity index (χ3v) is 6.71. The molecule has 166 valence electrons. The molecule has 0 spiro atoms. The van der Waals surface area contributed by atoms with Crippen LogP contribution in [0.4, 0.5) is 0 Å². The molecule has 5 rings (SSSR count). The van der Waals surface area contributed by atoms with E-state index in [1.807, 2.05) is 65.7 Å². The van der Waals surface area contributed by atoms with Gasteiger partial charge in [0.2, 0.25) is 5.91 Å². The number of likely N-dealkylation sites (tertiary alicyclic amines) is 1. The summed E-state index contributed by atoms with van der Waals surface area (Å²) in [6.07, 6.45) is 3.60. The Morgan fingerprint density at radius 1 is 0.969 bits per heavy atom. The predicted octanol–water partition coefficient (Wildman–Crippen LogP) is 3.66. The topological polar surface area (TPSA) is 65.6 Å². The fourth-order valence-electron chi connectivity index (χ4n) is 5.07. The number of ether oxygens (including phenoxy) is 1. The van der Waals surface area contributed by atoms with E-state index in [1.165, 1.54) is 0 Å². The van der Waals surface area contributed by atoms with Gasteiger partial charge in [0, 0.05) is 42.3 Å². The second-order valence-corrected chi connectivity index (χ2v) is 8.70. The van der Waals surface area contributed by atoms with Crippen molar-refractivity contribution in [3.8, 4) is 0 Å². The number of nitrogens with one attached hydrogen (secondary N) is 1. The molecule has 3 aromatic rings. The Kier molecular flexibility index (Phi) is 6.06. The highest BCUT2D eigenvalue weighted by atomic mass is 16.5. The number of Topliss-reactive ketones (excluding diaryl/α,β-unsaturated/α-hetero) is 1. The monoisotopic (exact) mass is 431 g/mol. The van der Waals surface area contributed by atoms with Crippen molar-refractivity contribution in [2.45, 2.75) is 18.9 Å². The number of carbonyl (C=O) groups excluding carboxylic acids is 2. The zero-order chi connectivity index (χ0) is 21.9. The number of piperidine rings is 1. The zero-order valence-corrected chi connectivity index (χ0v) is 18.2. The first-order valence-electron chi connectivity index (χ1n) is 11.5. The number of carbonyl (C=O) groups is 2. The first-order chi connectivity index (χ1) is 15.7. The maximum Gasteiger partial charge on any atom is 0.227 e. The van der Waals surface area contributed by atoms with Crippen LogP contribution in [0.2, 0.25) is 0 Å². The van der Waals surface area contributed by atoms with Crippen molar-refractivity contribution in [3.05, 3.63) is 71.9 Å². The van der Waals surface area contributed by atoms with Crippen molar-refractivity contribution in [1.29, 1.82) is 0 Å². The molecule has 3 heterocycles. The van der Waals surface area contributed by atoms with Gasteiger partial charge in [-0.15, -0.1) is 0 Å². The van der Waals surface area contributed by atoms with Gasteiger partial charge in [-0.05, 0) is 31.0 Å². The molecule has 6 heteroatoms. The van der Waals surface area contributed by atoms with Crippen molar-refractivity contribution in [2.24, 2.45) is 5.92 Å². The minimum Gasteiger partial charge on any atom is -0.378 e. The molecule has 2 aliphatic rings. The molecular formula is C26H29N3O3. The number of rotatable bonds is 5. The van der Waals surface area contributed by atoms with Crippen LogP contribution in [0.5, 0.6) is 0 Å². The van der Waals surface area contributed by atoms with Crippen molar-refractivity contribution >= 4 is 22.6 Å². The van der Waals surface area contributed by atoms with E-state index >= 15 is 0 Å². The summed E-state index contributed by atoms with van der Waals surface area (Å²) >= 11 is 0. The Balaban J connectivity index is 1.44. The number of nitrogens with zero attached hydrogens (tertiary/aromatic N) is 2. The van der Waals surface area contributed by atoms with E-state index in [0.29, 0.717) is 38.4 Å². The largest absolute Gasteiger partial charge is 0.378 e. The van der Waals surface area contributed by atoms with E-state index in [9.17, 15) is 9.59 Å². The summed E-state index contributed by atoms with van der Waals surface area (Å²) in [5, 5.41) is 0.941. The van der Waals surface area contributed by atoms with E-state index in [0.717, 1.165) is 35.9 Å². The summed E-state index contributed by atoms with van der Waals surface area (Å²) in [6.45, 7) is 3.93. The van der Waals surface area contributed by atoms with Crippen LogP contribution >= 0.6 is 0 Å². The Morgan fingerprint density at radius 2 is 1.72 bits per heavy atom. The Bertz CT molecular complexity index is 1090. The van der Waals surface area contributed by atoms with Gasteiger partial charge in [0.25, 0.3) is 0 Å². The third kappa shape index (κ3) is 4.08. The number of hydrogen-bond acceptors (Lipinski definition) is 4. The molecule has 0 bridgehead atoms. The summed E-state index contributed by atoms with van der Waals surface area (Å²) in [5.41, 5.74) is 2.64. The lowest BCUT2D eigenvalue weighted by atomic mass is 9.90. The normalized spacial score (nSPS) is 20.9. The van der Waals surface area contributed by atoms with Gasteiger partial charge in [-0.25, -0.2) is 0 Å². The minimum atomic E-state index is -0.407. The number of amides is 1. The molecule has 0 unspecified atom stereocenters. The number of benzene rings is 2. The molecule has 0 aliphatic carbocycles. The molecule has 1 amide bonds. The van der Waals surface area contributed by atoms with Gasteiger partial charge in [-0.2, -0.15) is 0 Å². The molecule has 2 aliphatic heterocycles. The van der Waals surface area contributed by atoms with Gasteiger partial charge in [-0.1, -0.05) is 48.5 Å². The zero-order valence-electron chi connectivity index (χ0n) is 18.2. The lowest BCUT2D eigenvalue weighted by molar-refractivity contribution is -0.141. The predicted molar refractivity (Wildman–Crippen MR) is 124 cm³/mol. The van der Waals surface area contributed by atoms with Crippen molar-refractivity contribution < 1.29 is 14.3 Å². The maximum atomic E-state index is 13.9. The molecule has 1 N–H and O–H groups in total. The highest BCUT2D eigenvalue weighted by Gasteiger charge is 2.36. The van der Waals surface area contributed by atoms with Crippen molar-refractivity contribution in [3.63, 3.8) is 0 Å². The van der Waals surface area contributed by atoms with Gasteiger partial charge in [0.15, 0.2) is 5.78 Å². The highest BCUT2D eigenvalue weighted by Crippen LogP contribution is 2.32. The SMILES string of the molecule is O=C(c1c[nH]c2ccccc12)[C@@H](c1ccccc1)N1CCC[C@@H](C(=O)N2CCOCC2)C1. The summed E-state index contributed by atoms with van der Waals surface area (Å²) in [7, 11) is 0. The van der Waals surface area contributed by atoms with E-state index in [1.54, 1.807) is 0 Å². The van der Waals surface area contributed by atoms with E-state index < -0.39 is 6.04 Å². The van der Waals surface area contributed by atoms with Crippen LogP contribution in [0.25, 0.3) is 10.9 Å². The average Bonchev–Trinajstić information content (AvgIpc) is 3.29. The second kappa shape index (κ2) is 9.27. The number of para-hydroxylation sites is 1. The third-order valence-electron chi connectivity index (χ3n) is 6.71. The van der Waals surface area contributed by atoms with Crippen molar-refractivity contribution in [1.82, 2.24) is 14.8 Å². The minimum absolute atomic E-state index is 0.0770. The summed E-state index contributed by atoms with van der Waals surface area (Å²) in [4.78, 5) is 34.5. The molecular weight excluding hydrogens is 402 g/mol. The molecule has 1 aromatic heterocycles. The molecule has 6 nitrogen and oxygen atoms in total. The summed E-state index contributed by atoms with van der Waals surface area (Å²) in [5.74, 6) is 0.196. The van der Waals surface area contributed by atoms with Crippen LogP contribution < -0.4 is 0 Å². The molecule has 2 atom stereocenters. The molecule has 32 heavy (non-hydrogen) atoms. The van der Waals surface area contributed by atoms with E-state index in [-0.39, 0.29) is 17.6 Å². The number of aromatic amines is 1. The first kappa shape index (κ1) is 20.9. The number of aromatic nitrogens is 1. The fraction of sp³-hybridized carbons (Fsp3) is 0.385. The van der Waals surface area contributed by atoms with E-state index in [2.05, 4.69) is 9.88 Å². The summed E-state index contributed by atoms with van der Waals surface area (Å²) in [6, 6.07) is 17.5. The van der Waals surface area contributed by atoms with Crippen molar-refractivity contribution in [2.75, 3.05) is 39.4 Å². The first-order valence-corrected chi connectivity index (χ1v) is 11.5. The van der Waals surface area contributed by atoms with Crippen LogP contribution in [-0.4, -0.2) is 65.9 Å². The average molecular weight is 432 g/mol. The molecule has 2 saturated heterocycles. The highest BCUT2D eigenvalue weighted by molar-refractivity contribution is 6.10. The molecule has 2 fully saturated rings. The van der Waals surface area contributed by atoms with Gasteiger partial charge in [-0.3, -0.25) is 14.5 Å². The second-order valence-electron chi connectivity index (χ2n) is 8.70. The molecule has 2 aromatic carbocycles. The number of morpholine rings is 1. The van der Waals surface area contributed by atoms with Crippen LogP contribution in [0.3, 0.4) is 0 Å². The lowest BCUT2D eigenvalue weighted by Gasteiger charge is -2.39. The van der Waals surface area contributed by atoms with E-state index in [4.69, 9.17) is 4.74 Å².